The van der Waals surface area contributed by atoms with Gasteiger partial charge in [0.05, 0.1) is 28.1 Å². The van der Waals surface area contributed by atoms with Crippen molar-refractivity contribution in [2.45, 2.75) is 20.4 Å². The molecule has 5 nitrogen and oxygen atoms in total. The summed E-state index contributed by atoms with van der Waals surface area (Å²) in [5.41, 5.74) is 8.00. The first-order chi connectivity index (χ1) is 16.1. The number of rotatable bonds is 5. The average molecular weight is 451 g/mol. The second-order valence-corrected chi connectivity index (χ2v) is 8.74. The van der Waals surface area contributed by atoms with E-state index in [2.05, 4.69) is 38.9 Å². The van der Waals surface area contributed by atoms with Gasteiger partial charge in [-0.3, -0.25) is 4.79 Å². The minimum atomic E-state index is -0.136. The van der Waals surface area contributed by atoms with Crippen molar-refractivity contribution in [3.05, 3.63) is 101 Å². The summed E-state index contributed by atoms with van der Waals surface area (Å²) in [5.74, 6) is -0.136. The van der Waals surface area contributed by atoms with Crippen LogP contribution >= 0.6 is 11.3 Å². The van der Waals surface area contributed by atoms with E-state index in [0.29, 0.717) is 12.1 Å². The quantitative estimate of drug-likeness (QED) is 0.358. The van der Waals surface area contributed by atoms with Gasteiger partial charge in [-0.2, -0.15) is 0 Å². The molecule has 0 aliphatic heterocycles. The monoisotopic (exact) mass is 450 g/mol. The highest BCUT2D eigenvalue weighted by atomic mass is 32.1. The molecule has 0 aliphatic carbocycles. The third-order valence-corrected chi connectivity index (χ3v) is 6.43. The molecule has 2 aromatic heterocycles. The second-order valence-electron chi connectivity index (χ2n) is 7.88. The van der Waals surface area contributed by atoms with Crippen LogP contribution in [0.25, 0.3) is 32.9 Å². The maximum Gasteiger partial charge on any atom is 0.251 e. The van der Waals surface area contributed by atoms with Crippen molar-refractivity contribution in [3.8, 4) is 21.8 Å². The minimum Gasteiger partial charge on any atom is -0.348 e. The smallest absolute Gasteiger partial charge is 0.251 e. The third kappa shape index (κ3) is 4.52. The zero-order valence-corrected chi connectivity index (χ0v) is 19.2. The molecule has 33 heavy (non-hydrogen) atoms. The van der Waals surface area contributed by atoms with Gasteiger partial charge in [-0.05, 0) is 43.7 Å². The molecule has 0 atom stereocenters. The van der Waals surface area contributed by atoms with Crippen molar-refractivity contribution in [1.29, 1.82) is 0 Å². The van der Waals surface area contributed by atoms with Gasteiger partial charge >= 0.3 is 0 Å². The topological polar surface area (TPSA) is 67.8 Å². The van der Waals surface area contributed by atoms with Crippen molar-refractivity contribution >= 4 is 28.3 Å². The number of nitrogens with zero attached hydrogens (tertiary/aromatic N) is 3. The van der Waals surface area contributed by atoms with E-state index in [0.717, 1.165) is 49.8 Å². The summed E-state index contributed by atoms with van der Waals surface area (Å²) in [7, 11) is 0. The number of fused-ring (bicyclic) bond motifs is 1. The number of nitrogens with one attached hydrogen (secondary N) is 1. The molecule has 6 heteroatoms. The van der Waals surface area contributed by atoms with E-state index >= 15 is 0 Å². The highest BCUT2D eigenvalue weighted by molar-refractivity contribution is 7.13. The number of amides is 1. The number of hydrogen-bond acceptors (Lipinski definition) is 5. The summed E-state index contributed by atoms with van der Waals surface area (Å²) < 4.78 is 0. The summed E-state index contributed by atoms with van der Waals surface area (Å²) in [6.07, 6.45) is 0. The summed E-state index contributed by atoms with van der Waals surface area (Å²) in [6.45, 7) is 4.29. The van der Waals surface area contributed by atoms with Crippen LogP contribution in [0.15, 0.2) is 78.2 Å². The minimum absolute atomic E-state index is 0.136. The van der Waals surface area contributed by atoms with Crippen molar-refractivity contribution < 1.29 is 4.79 Å². The van der Waals surface area contributed by atoms with Crippen molar-refractivity contribution in [1.82, 2.24) is 20.3 Å². The van der Waals surface area contributed by atoms with Crippen molar-refractivity contribution in [2.24, 2.45) is 0 Å². The molecule has 0 radical (unpaired) electrons. The van der Waals surface area contributed by atoms with E-state index in [4.69, 9.17) is 4.98 Å². The van der Waals surface area contributed by atoms with Crippen LogP contribution in [0.5, 0.6) is 0 Å². The fraction of sp³-hybridized carbons (Fsp3) is 0.111. The van der Waals surface area contributed by atoms with E-state index < -0.39 is 0 Å². The Morgan fingerprint density at radius 3 is 2.39 bits per heavy atom. The molecule has 3 aromatic carbocycles. The van der Waals surface area contributed by atoms with E-state index in [-0.39, 0.29) is 5.91 Å². The number of benzene rings is 3. The highest BCUT2D eigenvalue weighted by Gasteiger charge is 2.10. The number of aromatic nitrogens is 3. The third-order valence-electron chi connectivity index (χ3n) is 5.54. The van der Waals surface area contributed by atoms with E-state index in [9.17, 15) is 4.79 Å². The Balaban J connectivity index is 1.30. The van der Waals surface area contributed by atoms with Crippen LogP contribution in [-0.4, -0.2) is 20.9 Å². The Hall–Kier alpha value is -3.90. The molecule has 2 heterocycles. The lowest BCUT2D eigenvalue weighted by Gasteiger charge is -2.08. The molecular weight excluding hydrogens is 428 g/mol. The van der Waals surface area contributed by atoms with Gasteiger partial charge in [-0.1, -0.05) is 48.5 Å². The molecule has 0 saturated heterocycles. The molecule has 0 spiro atoms. The van der Waals surface area contributed by atoms with Crippen LogP contribution in [0.1, 0.15) is 27.3 Å². The van der Waals surface area contributed by atoms with Crippen LogP contribution < -0.4 is 5.32 Å². The van der Waals surface area contributed by atoms with Crippen molar-refractivity contribution in [3.63, 3.8) is 0 Å². The molecule has 0 aliphatic rings. The Morgan fingerprint density at radius 2 is 1.58 bits per heavy atom. The van der Waals surface area contributed by atoms with Crippen LogP contribution in [-0.2, 0) is 6.54 Å². The standard InChI is InChI=1S/C27H22N4OS/c1-17-18(2)30-24-14-21(11-12-23(24)29-17)26(32)28-15-19-7-6-10-22(13-19)27-31-25(16-33-27)20-8-4-3-5-9-20/h3-14,16H,15H2,1-2H3,(H,28,32). The van der Waals surface area contributed by atoms with Crippen LogP contribution in [0.3, 0.4) is 0 Å². The van der Waals surface area contributed by atoms with Gasteiger partial charge in [0.15, 0.2) is 0 Å². The Bertz CT molecular complexity index is 1460. The molecular formula is C27H22N4OS. The first-order valence-electron chi connectivity index (χ1n) is 10.7. The van der Waals surface area contributed by atoms with Gasteiger partial charge in [0.25, 0.3) is 5.91 Å². The SMILES string of the molecule is Cc1nc2ccc(C(=O)NCc3cccc(-c4nc(-c5ccccc5)cs4)c3)cc2nc1C. The van der Waals surface area contributed by atoms with Gasteiger partial charge < -0.3 is 5.32 Å². The number of carbonyl (C=O) groups is 1. The molecule has 1 amide bonds. The molecule has 0 saturated carbocycles. The first kappa shape index (κ1) is 21.0. The lowest BCUT2D eigenvalue weighted by molar-refractivity contribution is 0.0951. The molecule has 162 valence electrons. The maximum absolute atomic E-state index is 12.8. The summed E-state index contributed by atoms with van der Waals surface area (Å²) in [4.78, 5) is 26.6. The fourth-order valence-corrected chi connectivity index (χ4v) is 4.44. The van der Waals surface area contributed by atoms with E-state index in [1.807, 2.05) is 56.3 Å². The fourth-order valence-electron chi connectivity index (χ4n) is 3.62. The van der Waals surface area contributed by atoms with Gasteiger partial charge in [-0.15, -0.1) is 11.3 Å². The number of aryl methyl sites for hydroxylation is 2. The maximum atomic E-state index is 12.8. The van der Waals surface area contributed by atoms with E-state index in [1.54, 1.807) is 23.5 Å². The molecule has 0 fully saturated rings. The zero-order chi connectivity index (χ0) is 22.8. The molecule has 1 N–H and O–H groups in total. The summed E-state index contributed by atoms with van der Waals surface area (Å²) >= 11 is 1.62. The van der Waals surface area contributed by atoms with Crippen LogP contribution in [0, 0.1) is 13.8 Å². The van der Waals surface area contributed by atoms with Gasteiger partial charge in [0, 0.05) is 28.6 Å². The predicted octanol–water partition coefficient (Wildman–Crippen LogP) is 5.97. The highest BCUT2D eigenvalue weighted by Crippen LogP contribution is 2.29. The zero-order valence-electron chi connectivity index (χ0n) is 18.4. The normalized spacial score (nSPS) is 11.0. The van der Waals surface area contributed by atoms with Crippen LogP contribution in [0.4, 0.5) is 0 Å². The molecule has 5 rings (SSSR count). The number of thiazole rings is 1. The van der Waals surface area contributed by atoms with Gasteiger partial charge in [0.1, 0.15) is 5.01 Å². The van der Waals surface area contributed by atoms with E-state index in [1.165, 1.54) is 0 Å². The first-order valence-corrected chi connectivity index (χ1v) is 11.6. The van der Waals surface area contributed by atoms with Crippen LogP contribution in [0.2, 0.25) is 0 Å². The van der Waals surface area contributed by atoms with Crippen molar-refractivity contribution in [2.75, 3.05) is 0 Å². The van der Waals surface area contributed by atoms with Gasteiger partial charge in [-0.25, -0.2) is 15.0 Å². The Kier molecular flexibility index (Phi) is 5.67. The number of hydrogen-bond donors (Lipinski definition) is 1. The molecule has 0 unspecified atom stereocenters. The molecule has 0 bridgehead atoms. The molecule has 5 aromatic rings. The summed E-state index contributed by atoms with van der Waals surface area (Å²) in [6, 6.07) is 23.7. The second kappa shape index (κ2) is 8.92. The summed E-state index contributed by atoms with van der Waals surface area (Å²) in [5, 5.41) is 6.04. The lowest BCUT2D eigenvalue weighted by Crippen LogP contribution is -2.22. The lowest BCUT2D eigenvalue weighted by atomic mass is 10.1. The van der Waals surface area contributed by atoms with Gasteiger partial charge in [0.2, 0.25) is 0 Å². The largest absolute Gasteiger partial charge is 0.348 e. The average Bonchev–Trinajstić information content (AvgIpc) is 3.34. The Labute approximate surface area is 196 Å². The Morgan fingerprint density at radius 1 is 0.818 bits per heavy atom. The predicted molar refractivity (Wildman–Crippen MR) is 133 cm³/mol. The number of carbonyl (C=O) groups excluding carboxylic acids is 1.